The molecule has 6 heteroatoms. The van der Waals surface area contributed by atoms with Crippen molar-refractivity contribution in [2.45, 2.75) is 39.7 Å². The summed E-state index contributed by atoms with van der Waals surface area (Å²) >= 11 is 0. The van der Waals surface area contributed by atoms with Crippen LogP contribution in [0.25, 0.3) is 0 Å². The summed E-state index contributed by atoms with van der Waals surface area (Å²) in [6.45, 7) is 7.43. The number of anilines is 2. The van der Waals surface area contributed by atoms with Crippen LogP contribution in [0.5, 0.6) is 0 Å². The molecule has 19 heavy (non-hydrogen) atoms. The van der Waals surface area contributed by atoms with E-state index in [0.29, 0.717) is 18.3 Å². The van der Waals surface area contributed by atoms with Gasteiger partial charge in [0.15, 0.2) is 0 Å². The first-order chi connectivity index (χ1) is 9.17. The van der Waals surface area contributed by atoms with Gasteiger partial charge < -0.3 is 16.0 Å². The summed E-state index contributed by atoms with van der Waals surface area (Å²) in [5.41, 5.74) is 0. The van der Waals surface area contributed by atoms with Crippen LogP contribution in [0.4, 0.5) is 11.8 Å². The third-order valence-corrected chi connectivity index (χ3v) is 2.50. The van der Waals surface area contributed by atoms with Gasteiger partial charge in [0.1, 0.15) is 11.9 Å². The van der Waals surface area contributed by atoms with Crippen molar-refractivity contribution in [2.75, 3.05) is 23.7 Å². The molecule has 1 unspecified atom stereocenters. The van der Waals surface area contributed by atoms with Crippen LogP contribution in [0.1, 0.15) is 33.6 Å². The molecule has 0 aromatic carbocycles. The summed E-state index contributed by atoms with van der Waals surface area (Å²) in [7, 11) is 0. The molecule has 0 aliphatic rings. The SMILES string of the molecule is CCCNC(=O)C(C)Nc1ccnc(NCCC)n1. The monoisotopic (exact) mass is 265 g/mol. The van der Waals surface area contributed by atoms with E-state index in [4.69, 9.17) is 0 Å². The van der Waals surface area contributed by atoms with Gasteiger partial charge in [-0.15, -0.1) is 0 Å². The van der Waals surface area contributed by atoms with E-state index < -0.39 is 0 Å². The third-order valence-electron chi connectivity index (χ3n) is 2.50. The predicted octanol–water partition coefficient (Wildman–Crippen LogP) is 1.63. The fourth-order valence-corrected chi connectivity index (χ4v) is 1.45. The Kier molecular flexibility index (Phi) is 6.63. The average molecular weight is 265 g/mol. The summed E-state index contributed by atoms with van der Waals surface area (Å²) in [5.74, 6) is 1.20. The molecule has 3 N–H and O–H groups in total. The van der Waals surface area contributed by atoms with Crippen molar-refractivity contribution >= 4 is 17.7 Å². The number of nitrogens with zero attached hydrogens (tertiary/aromatic N) is 2. The van der Waals surface area contributed by atoms with E-state index in [-0.39, 0.29) is 11.9 Å². The van der Waals surface area contributed by atoms with Crippen molar-refractivity contribution in [2.24, 2.45) is 0 Å². The number of hydrogen-bond acceptors (Lipinski definition) is 5. The fraction of sp³-hybridized carbons (Fsp3) is 0.615. The minimum atomic E-state index is -0.319. The number of rotatable bonds is 8. The van der Waals surface area contributed by atoms with E-state index in [2.05, 4.69) is 32.8 Å². The minimum absolute atomic E-state index is 0.0245. The fourth-order valence-electron chi connectivity index (χ4n) is 1.45. The Morgan fingerprint density at radius 3 is 2.74 bits per heavy atom. The van der Waals surface area contributed by atoms with Crippen LogP contribution in [0, 0.1) is 0 Å². The minimum Gasteiger partial charge on any atom is -0.358 e. The predicted molar refractivity (Wildman–Crippen MR) is 77.2 cm³/mol. The van der Waals surface area contributed by atoms with Crippen LogP contribution in [0.2, 0.25) is 0 Å². The molecule has 0 aliphatic carbocycles. The zero-order chi connectivity index (χ0) is 14.1. The first-order valence-electron chi connectivity index (χ1n) is 6.78. The van der Waals surface area contributed by atoms with Gasteiger partial charge in [0.05, 0.1) is 0 Å². The summed E-state index contributed by atoms with van der Waals surface area (Å²) in [5, 5.41) is 9.01. The Labute approximate surface area is 114 Å². The highest BCUT2D eigenvalue weighted by atomic mass is 16.2. The maximum atomic E-state index is 11.7. The Bertz CT molecular complexity index is 396. The van der Waals surface area contributed by atoms with E-state index in [1.54, 1.807) is 12.3 Å². The van der Waals surface area contributed by atoms with Gasteiger partial charge in [0.2, 0.25) is 11.9 Å². The first-order valence-corrected chi connectivity index (χ1v) is 6.78. The Morgan fingerprint density at radius 2 is 2.05 bits per heavy atom. The standard InChI is InChI=1S/C13H23N5O/c1-4-7-14-12(19)10(3)17-11-6-9-16-13(18-11)15-8-5-2/h6,9-10H,4-5,7-8H2,1-3H3,(H,14,19)(H2,15,16,17,18). The number of amides is 1. The molecule has 1 atom stereocenters. The Hall–Kier alpha value is -1.85. The van der Waals surface area contributed by atoms with Crippen molar-refractivity contribution in [1.82, 2.24) is 15.3 Å². The first kappa shape index (κ1) is 15.2. The molecule has 0 spiro atoms. The molecule has 0 saturated heterocycles. The van der Waals surface area contributed by atoms with Gasteiger partial charge in [-0.25, -0.2) is 4.98 Å². The van der Waals surface area contributed by atoms with E-state index in [9.17, 15) is 4.79 Å². The lowest BCUT2D eigenvalue weighted by Crippen LogP contribution is -2.38. The molecule has 0 fully saturated rings. The molecule has 1 amide bonds. The topological polar surface area (TPSA) is 78.9 Å². The van der Waals surface area contributed by atoms with E-state index in [1.807, 2.05) is 13.8 Å². The summed E-state index contributed by atoms with van der Waals surface area (Å²) in [6.07, 6.45) is 3.61. The molecule has 6 nitrogen and oxygen atoms in total. The lowest BCUT2D eigenvalue weighted by Gasteiger charge is -2.14. The average Bonchev–Trinajstić information content (AvgIpc) is 2.42. The van der Waals surface area contributed by atoms with Crippen molar-refractivity contribution in [3.05, 3.63) is 12.3 Å². The molecule has 0 radical (unpaired) electrons. The molecule has 1 rings (SSSR count). The number of hydrogen-bond donors (Lipinski definition) is 3. The van der Waals surface area contributed by atoms with Crippen LogP contribution < -0.4 is 16.0 Å². The second kappa shape index (κ2) is 8.29. The highest BCUT2D eigenvalue weighted by Gasteiger charge is 2.12. The van der Waals surface area contributed by atoms with E-state index in [0.717, 1.165) is 19.4 Å². The zero-order valence-corrected chi connectivity index (χ0v) is 11.9. The van der Waals surface area contributed by atoms with Crippen LogP contribution in [0.15, 0.2) is 12.3 Å². The largest absolute Gasteiger partial charge is 0.358 e. The highest BCUT2D eigenvalue weighted by Crippen LogP contribution is 2.07. The van der Waals surface area contributed by atoms with Crippen molar-refractivity contribution in [3.8, 4) is 0 Å². The Balaban J connectivity index is 2.53. The second-order valence-corrected chi connectivity index (χ2v) is 4.35. The van der Waals surface area contributed by atoms with Crippen molar-refractivity contribution in [3.63, 3.8) is 0 Å². The summed E-state index contributed by atoms with van der Waals surface area (Å²) < 4.78 is 0. The van der Waals surface area contributed by atoms with Crippen molar-refractivity contribution < 1.29 is 4.79 Å². The summed E-state index contributed by atoms with van der Waals surface area (Å²) in [6, 6.07) is 1.43. The van der Waals surface area contributed by atoms with Crippen LogP contribution in [-0.4, -0.2) is 35.0 Å². The van der Waals surface area contributed by atoms with Crippen LogP contribution in [0.3, 0.4) is 0 Å². The molecule has 0 saturated carbocycles. The third kappa shape index (κ3) is 5.54. The van der Waals surface area contributed by atoms with Gasteiger partial charge in [-0.3, -0.25) is 4.79 Å². The van der Waals surface area contributed by atoms with Gasteiger partial charge in [0, 0.05) is 19.3 Å². The van der Waals surface area contributed by atoms with E-state index >= 15 is 0 Å². The number of carbonyl (C=O) groups is 1. The molecular formula is C13H23N5O. The normalized spacial score (nSPS) is 11.7. The van der Waals surface area contributed by atoms with Crippen LogP contribution >= 0.6 is 0 Å². The quantitative estimate of drug-likeness (QED) is 0.665. The molecule has 0 bridgehead atoms. The number of aromatic nitrogens is 2. The van der Waals surface area contributed by atoms with Gasteiger partial charge in [-0.2, -0.15) is 4.98 Å². The molecule has 106 valence electrons. The molecular weight excluding hydrogens is 242 g/mol. The van der Waals surface area contributed by atoms with Crippen molar-refractivity contribution in [1.29, 1.82) is 0 Å². The second-order valence-electron chi connectivity index (χ2n) is 4.35. The maximum Gasteiger partial charge on any atom is 0.242 e. The molecule has 1 heterocycles. The van der Waals surface area contributed by atoms with Gasteiger partial charge in [0.25, 0.3) is 0 Å². The summed E-state index contributed by atoms with van der Waals surface area (Å²) in [4.78, 5) is 20.1. The smallest absolute Gasteiger partial charge is 0.242 e. The number of carbonyl (C=O) groups excluding carboxylic acids is 1. The molecule has 1 aromatic heterocycles. The van der Waals surface area contributed by atoms with Crippen LogP contribution in [-0.2, 0) is 4.79 Å². The van der Waals surface area contributed by atoms with Gasteiger partial charge in [-0.1, -0.05) is 13.8 Å². The van der Waals surface area contributed by atoms with Gasteiger partial charge in [-0.05, 0) is 25.8 Å². The molecule has 0 aliphatic heterocycles. The maximum absolute atomic E-state index is 11.7. The van der Waals surface area contributed by atoms with E-state index in [1.165, 1.54) is 0 Å². The number of nitrogens with one attached hydrogen (secondary N) is 3. The lowest BCUT2D eigenvalue weighted by atomic mass is 10.3. The zero-order valence-electron chi connectivity index (χ0n) is 11.9. The molecule has 1 aromatic rings. The highest BCUT2D eigenvalue weighted by molar-refractivity contribution is 5.83. The Morgan fingerprint density at radius 1 is 1.32 bits per heavy atom. The lowest BCUT2D eigenvalue weighted by molar-refractivity contribution is -0.121. The van der Waals surface area contributed by atoms with Gasteiger partial charge >= 0.3 is 0 Å².